The molecule has 0 spiro atoms. The van der Waals surface area contributed by atoms with E-state index in [9.17, 15) is 4.79 Å². The second kappa shape index (κ2) is 6.13. The first-order valence-electron chi connectivity index (χ1n) is 6.94. The van der Waals surface area contributed by atoms with E-state index >= 15 is 0 Å². The van der Waals surface area contributed by atoms with Crippen molar-refractivity contribution in [3.63, 3.8) is 0 Å². The molecule has 1 heterocycles. The third kappa shape index (κ3) is 3.22. The van der Waals surface area contributed by atoms with Crippen molar-refractivity contribution in [1.29, 1.82) is 0 Å². The Morgan fingerprint density at radius 1 is 1.50 bits per heavy atom. The molecule has 2 unspecified atom stereocenters. The van der Waals surface area contributed by atoms with Crippen LogP contribution in [0.15, 0.2) is 18.2 Å². The molecule has 0 bridgehead atoms. The summed E-state index contributed by atoms with van der Waals surface area (Å²) in [4.78, 5) is 13.5. The summed E-state index contributed by atoms with van der Waals surface area (Å²) in [5.41, 5.74) is 8.11. The molecule has 1 amide bonds. The van der Waals surface area contributed by atoms with Gasteiger partial charge in [0.1, 0.15) is 0 Å². The van der Waals surface area contributed by atoms with Gasteiger partial charge >= 0.3 is 0 Å². The molecule has 0 radical (unpaired) electrons. The van der Waals surface area contributed by atoms with Gasteiger partial charge in [0.25, 0.3) is 5.91 Å². The first-order valence-corrected chi connectivity index (χ1v) is 6.94. The number of nitrogens with zero attached hydrogens (tertiary/aromatic N) is 1. The van der Waals surface area contributed by atoms with Gasteiger partial charge in [-0.15, -0.1) is 0 Å². The first-order chi connectivity index (χ1) is 9.49. The maximum atomic E-state index is 12.0. The highest BCUT2D eigenvalue weighted by Crippen LogP contribution is 2.25. The van der Waals surface area contributed by atoms with E-state index in [1.807, 2.05) is 6.07 Å². The molecule has 0 aliphatic carbocycles. The second-order valence-corrected chi connectivity index (χ2v) is 5.56. The Hall–Kier alpha value is -1.75. The number of hydrogen-bond acceptors (Lipinski definition) is 4. The van der Waals surface area contributed by atoms with E-state index in [-0.39, 0.29) is 11.9 Å². The number of ether oxygens (including phenoxy) is 1. The zero-order chi connectivity index (χ0) is 14.7. The van der Waals surface area contributed by atoms with E-state index in [1.165, 1.54) is 0 Å². The molecule has 110 valence electrons. The van der Waals surface area contributed by atoms with Crippen LogP contribution in [0.25, 0.3) is 0 Å². The van der Waals surface area contributed by atoms with Crippen LogP contribution in [-0.2, 0) is 4.74 Å². The summed E-state index contributed by atoms with van der Waals surface area (Å²) in [6.45, 7) is 3.73. The molecular weight excluding hydrogens is 254 g/mol. The van der Waals surface area contributed by atoms with Crippen LogP contribution in [0, 0.1) is 5.92 Å². The van der Waals surface area contributed by atoms with E-state index in [1.54, 1.807) is 31.1 Å². The monoisotopic (exact) mass is 277 g/mol. The largest absolute Gasteiger partial charge is 0.397 e. The Bertz CT molecular complexity index is 482. The van der Waals surface area contributed by atoms with Crippen LogP contribution in [0.3, 0.4) is 0 Å². The summed E-state index contributed by atoms with van der Waals surface area (Å²) >= 11 is 0. The van der Waals surface area contributed by atoms with Crippen LogP contribution in [0.4, 0.5) is 11.4 Å². The van der Waals surface area contributed by atoms with Gasteiger partial charge in [-0.05, 0) is 31.5 Å². The fourth-order valence-corrected chi connectivity index (χ4v) is 2.38. The Morgan fingerprint density at radius 2 is 2.25 bits per heavy atom. The summed E-state index contributed by atoms with van der Waals surface area (Å²) in [7, 11) is 3.48. The van der Waals surface area contributed by atoms with E-state index in [4.69, 9.17) is 10.5 Å². The quantitative estimate of drug-likeness (QED) is 0.824. The van der Waals surface area contributed by atoms with Crippen LogP contribution in [-0.4, -0.2) is 44.2 Å². The average Bonchev–Trinajstić information content (AvgIpc) is 2.94. The van der Waals surface area contributed by atoms with Crippen molar-refractivity contribution in [1.82, 2.24) is 4.90 Å². The molecule has 2 rings (SSSR count). The molecular formula is C15H23N3O2. The fourth-order valence-electron chi connectivity index (χ4n) is 2.38. The van der Waals surface area contributed by atoms with Crippen molar-refractivity contribution in [3.05, 3.63) is 23.8 Å². The minimum atomic E-state index is -0.0232. The molecule has 0 aromatic heterocycles. The van der Waals surface area contributed by atoms with Crippen molar-refractivity contribution in [2.45, 2.75) is 19.4 Å². The maximum Gasteiger partial charge on any atom is 0.253 e. The molecule has 3 N–H and O–H groups in total. The van der Waals surface area contributed by atoms with E-state index in [0.717, 1.165) is 25.3 Å². The predicted molar refractivity (Wildman–Crippen MR) is 80.9 cm³/mol. The number of hydrogen-bond donors (Lipinski definition) is 2. The van der Waals surface area contributed by atoms with Crippen LogP contribution >= 0.6 is 0 Å². The molecule has 1 aromatic carbocycles. The van der Waals surface area contributed by atoms with Crippen LogP contribution in [0.5, 0.6) is 0 Å². The third-order valence-corrected chi connectivity index (χ3v) is 3.76. The summed E-state index contributed by atoms with van der Waals surface area (Å²) in [6, 6.07) is 5.62. The van der Waals surface area contributed by atoms with E-state index < -0.39 is 0 Å². The second-order valence-electron chi connectivity index (χ2n) is 5.56. The smallest absolute Gasteiger partial charge is 0.253 e. The number of anilines is 2. The van der Waals surface area contributed by atoms with Crippen molar-refractivity contribution >= 4 is 17.3 Å². The molecule has 0 saturated carbocycles. The number of amides is 1. The highest BCUT2D eigenvalue weighted by atomic mass is 16.5. The number of nitrogen functional groups attached to an aromatic ring is 1. The van der Waals surface area contributed by atoms with Gasteiger partial charge in [0, 0.05) is 38.2 Å². The first kappa shape index (κ1) is 14.7. The van der Waals surface area contributed by atoms with Crippen LogP contribution in [0.2, 0.25) is 0 Å². The van der Waals surface area contributed by atoms with Gasteiger partial charge < -0.3 is 20.7 Å². The fraction of sp³-hybridized carbons (Fsp3) is 0.533. The van der Waals surface area contributed by atoms with E-state index in [0.29, 0.717) is 17.2 Å². The Kier molecular flexibility index (Phi) is 4.49. The predicted octanol–water partition coefficient (Wildman–Crippen LogP) is 1.81. The lowest BCUT2D eigenvalue weighted by Gasteiger charge is -2.22. The standard InChI is InChI=1S/C15H23N3O2/c1-10(12-6-7-20-9-12)17-14-8-11(4-5-13(14)16)15(19)18(2)3/h4-5,8,10,12,17H,6-7,9,16H2,1-3H3. The highest BCUT2D eigenvalue weighted by molar-refractivity contribution is 5.95. The molecule has 1 aliphatic heterocycles. The lowest BCUT2D eigenvalue weighted by Crippen LogP contribution is -2.27. The number of nitrogens with two attached hydrogens (primary N) is 1. The molecule has 20 heavy (non-hydrogen) atoms. The van der Waals surface area contributed by atoms with Crippen molar-refractivity contribution in [2.24, 2.45) is 5.92 Å². The molecule has 1 aliphatic rings. The van der Waals surface area contributed by atoms with Crippen molar-refractivity contribution in [2.75, 3.05) is 38.4 Å². The highest BCUT2D eigenvalue weighted by Gasteiger charge is 2.22. The van der Waals surface area contributed by atoms with Gasteiger partial charge in [-0.25, -0.2) is 0 Å². The minimum Gasteiger partial charge on any atom is -0.397 e. The number of carbonyl (C=O) groups is 1. The summed E-state index contributed by atoms with van der Waals surface area (Å²) in [5.74, 6) is 0.465. The van der Waals surface area contributed by atoms with Crippen molar-refractivity contribution in [3.8, 4) is 0 Å². The Labute approximate surface area is 120 Å². The molecule has 1 aromatic rings. The Morgan fingerprint density at radius 3 is 2.85 bits per heavy atom. The molecule has 1 saturated heterocycles. The van der Waals surface area contributed by atoms with Gasteiger partial charge in [-0.1, -0.05) is 0 Å². The topological polar surface area (TPSA) is 67.6 Å². The number of carbonyl (C=O) groups excluding carboxylic acids is 1. The summed E-state index contributed by atoms with van der Waals surface area (Å²) in [5, 5.41) is 3.41. The SMILES string of the molecule is CC(Nc1cc(C(=O)N(C)C)ccc1N)C1CCOC1. The van der Waals surface area contributed by atoms with Crippen molar-refractivity contribution < 1.29 is 9.53 Å². The van der Waals surface area contributed by atoms with Crippen LogP contribution in [0.1, 0.15) is 23.7 Å². The van der Waals surface area contributed by atoms with Gasteiger partial charge in [0.15, 0.2) is 0 Å². The van der Waals surface area contributed by atoms with Gasteiger partial charge in [0.05, 0.1) is 18.0 Å². The van der Waals surface area contributed by atoms with E-state index in [2.05, 4.69) is 12.2 Å². The summed E-state index contributed by atoms with van der Waals surface area (Å²) < 4.78 is 5.41. The number of benzene rings is 1. The normalized spacial score (nSPS) is 19.6. The molecule has 2 atom stereocenters. The molecule has 5 heteroatoms. The third-order valence-electron chi connectivity index (χ3n) is 3.76. The maximum absolute atomic E-state index is 12.0. The van der Waals surface area contributed by atoms with Gasteiger partial charge in [-0.3, -0.25) is 4.79 Å². The Balaban J connectivity index is 2.13. The average molecular weight is 277 g/mol. The molecule has 1 fully saturated rings. The van der Waals surface area contributed by atoms with Gasteiger partial charge in [-0.2, -0.15) is 0 Å². The lowest BCUT2D eigenvalue weighted by atomic mass is 10.00. The zero-order valence-electron chi connectivity index (χ0n) is 12.3. The minimum absolute atomic E-state index is 0.0232. The lowest BCUT2D eigenvalue weighted by molar-refractivity contribution is 0.0827. The summed E-state index contributed by atoms with van der Waals surface area (Å²) in [6.07, 6.45) is 1.06. The number of nitrogens with one attached hydrogen (secondary N) is 1. The molecule has 5 nitrogen and oxygen atoms in total. The van der Waals surface area contributed by atoms with Crippen LogP contribution < -0.4 is 11.1 Å². The van der Waals surface area contributed by atoms with Gasteiger partial charge in [0.2, 0.25) is 0 Å². The number of rotatable bonds is 4. The zero-order valence-corrected chi connectivity index (χ0v) is 12.3.